The molecule has 13 heavy (non-hydrogen) atoms. The van der Waals surface area contributed by atoms with Gasteiger partial charge in [0.2, 0.25) is 0 Å². The van der Waals surface area contributed by atoms with Gasteiger partial charge in [-0.2, -0.15) is 0 Å². The molecule has 0 aliphatic carbocycles. The van der Waals surface area contributed by atoms with E-state index in [-0.39, 0.29) is 0 Å². The normalized spacial score (nSPS) is 11.4. The maximum Gasteiger partial charge on any atom is 0.0893 e. The van der Waals surface area contributed by atoms with Crippen molar-refractivity contribution in [3.63, 3.8) is 0 Å². The van der Waals surface area contributed by atoms with Gasteiger partial charge in [0.1, 0.15) is 0 Å². The molecule has 0 bridgehead atoms. The van der Waals surface area contributed by atoms with Crippen LogP contribution in [-0.2, 0) is 4.74 Å². The summed E-state index contributed by atoms with van der Waals surface area (Å²) < 4.78 is 5.04. The molecule has 1 nitrogen and oxygen atoms in total. The number of hydrogen-bond donors (Lipinski definition) is 0. The summed E-state index contributed by atoms with van der Waals surface area (Å²) in [6, 6.07) is 10.4. The minimum Gasteiger partial charge on any atom is -0.502 e. The average Bonchev–Trinajstić information content (AvgIpc) is 2.19. The molecule has 0 aromatic heterocycles. The first-order chi connectivity index (χ1) is 6.33. The van der Waals surface area contributed by atoms with Crippen LogP contribution in [0.4, 0.5) is 0 Å². The summed E-state index contributed by atoms with van der Waals surface area (Å²) in [6.07, 6.45) is 2.08. The second-order valence-corrected chi connectivity index (χ2v) is 3.74. The van der Waals surface area contributed by atoms with Crippen LogP contribution in [0.3, 0.4) is 0 Å². The lowest BCUT2D eigenvalue weighted by Gasteiger charge is -1.99. The maximum absolute atomic E-state index is 5.04. The van der Waals surface area contributed by atoms with Crippen LogP contribution in [0, 0.1) is 0 Å². The number of thioether (sulfide) groups is 1. The van der Waals surface area contributed by atoms with Gasteiger partial charge >= 0.3 is 0 Å². The molecule has 2 heteroatoms. The molecule has 0 fully saturated rings. The third-order valence-electron chi connectivity index (χ3n) is 1.69. The Morgan fingerprint density at radius 2 is 2.08 bits per heavy atom. The Labute approximate surface area is 83.8 Å². The highest BCUT2D eigenvalue weighted by atomic mass is 32.2. The van der Waals surface area contributed by atoms with Crippen LogP contribution < -0.4 is 0 Å². The van der Waals surface area contributed by atoms with Gasteiger partial charge in [0, 0.05) is 10.6 Å². The molecule has 0 saturated heterocycles. The van der Waals surface area contributed by atoms with Gasteiger partial charge in [-0.3, -0.25) is 0 Å². The molecular weight excluding hydrogens is 180 g/mol. The van der Waals surface area contributed by atoms with E-state index in [9.17, 15) is 0 Å². The van der Waals surface area contributed by atoms with Gasteiger partial charge in [0.05, 0.1) is 12.9 Å². The van der Waals surface area contributed by atoms with E-state index in [2.05, 4.69) is 30.3 Å². The van der Waals surface area contributed by atoms with Crippen molar-refractivity contribution in [2.45, 2.75) is 11.8 Å². The van der Waals surface area contributed by atoms with Crippen molar-refractivity contribution in [3.8, 4) is 0 Å². The van der Waals surface area contributed by atoms with Gasteiger partial charge in [-0.05, 0) is 25.1 Å². The van der Waals surface area contributed by atoms with Crippen molar-refractivity contribution < 1.29 is 4.74 Å². The first kappa shape index (κ1) is 10.2. The minimum absolute atomic E-state index is 0.962. The van der Waals surface area contributed by atoms with Crippen LogP contribution in [-0.4, -0.2) is 12.9 Å². The number of allylic oxidation sites excluding steroid dienone is 1. The lowest BCUT2D eigenvalue weighted by Crippen LogP contribution is -1.81. The van der Waals surface area contributed by atoms with E-state index >= 15 is 0 Å². The average molecular weight is 194 g/mol. The van der Waals surface area contributed by atoms with Crippen LogP contribution in [0.2, 0.25) is 0 Å². The lowest BCUT2D eigenvalue weighted by molar-refractivity contribution is 0.293. The molecule has 0 heterocycles. The smallest absolute Gasteiger partial charge is 0.0893 e. The number of benzene rings is 1. The third kappa shape index (κ3) is 4.04. The molecule has 1 aromatic rings. The van der Waals surface area contributed by atoms with Crippen LogP contribution >= 0.6 is 11.8 Å². The van der Waals surface area contributed by atoms with E-state index in [1.807, 2.05) is 24.8 Å². The zero-order valence-corrected chi connectivity index (χ0v) is 8.80. The fourth-order valence-electron chi connectivity index (χ4n) is 0.855. The zero-order chi connectivity index (χ0) is 9.52. The monoisotopic (exact) mass is 194 g/mol. The second-order valence-electron chi connectivity index (χ2n) is 2.64. The first-order valence-electron chi connectivity index (χ1n) is 4.21. The fraction of sp³-hybridized carbons (Fsp3) is 0.273. The molecule has 0 spiro atoms. The summed E-state index contributed by atoms with van der Waals surface area (Å²) >= 11 is 1.81. The molecule has 0 atom stereocenters. The number of ether oxygens (including phenoxy) is 1. The van der Waals surface area contributed by atoms with Gasteiger partial charge in [-0.15, -0.1) is 11.8 Å². The molecule has 70 valence electrons. The Bertz CT molecular complexity index is 267. The standard InChI is InChI=1S/C11H14OS/c1-10(12-2)8-9-13-11-6-4-3-5-7-11/h3-8H,9H2,1-2H3. The number of methoxy groups -OCH3 is 1. The van der Waals surface area contributed by atoms with Crippen LogP contribution in [0.25, 0.3) is 0 Å². The Morgan fingerprint density at radius 3 is 2.69 bits per heavy atom. The molecule has 0 aliphatic heterocycles. The van der Waals surface area contributed by atoms with Crippen molar-refractivity contribution >= 4 is 11.8 Å². The van der Waals surface area contributed by atoms with E-state index < -0.39 is 0 Å². The summed E-state index contributed by atoms with van der Waals surface area (Å²) in [4.78, 5) is 1.29. The Balaban J connectivity index is 2.36. The Hall–Kier alpha value is -0.890. The predicted octanol–water partition coefficient (Wildman–Crippen LogP) is 3.33. The molecule has 0 radical (unpaired) electrons. The lowest BCUT2D eigenvalue weighted by atomic mass is 10.4. The summed E-state index contributed by atoms with van der Waals surface area (Å²) in [7, 11) is 1.69. The summed E-state index contributed by atoms with van der Waals surface area (Å²) in [6.45, 7) is 1.96. The number of hydrogen-bond acceptors (Lipinski definition) is 2. The third-order valence-corrected chi connectivity index (χ3v) is 2.62. The summed E-state index contributed by atoms with van der Waals surface area (Å²) in [5, 5.41) is 0. The van der Waals surface area contributed by atoms with Crippen LogP contribution in [0.1, 0.15) is 6.92 Å². The molecule has 0 unspecified atom stereocenters. The molecule has 0 saturated carbocycles. The van der Waals surface area contributed by atoms with Gasteiger partial charge < -0.3 is 4.74 Å². The topological polar surface area (TPSA) is 9.23 Å². The summed E-state index contributed by atoms with van der Waals surface area (Å²) in [5.74, 6) is 1.94. The van der Waals surface area contributed by atoms with Gasteiger partial charge in [0.15, 0.2) is 0 Å². The first-order valence-corrected chi connectivity index (χ1v) is 5.20. The quantitative estimate of drug-likeness (QED) is 0.537. The number of rotatable bonds is 4. The summed E-state index contributed by atoms with van der Waals surface area (Å²) in [5.41, 5.74) is 0. The fourth-order valence-corrected chi connectivity index (χ4v) is 1.72. The van der Waals surface area contributed by atoms with E-state index in [1.165, 1.54) is 4.90 Å². The van der Waals surface area contributed by atoms with Crippen molar-refractivity contribution in [2.24, 2.45) is 0 Å². The molecule has 0 amide bonds. The van der Waals surface area contributed by atoms with E-state index in [4.69, 9.17) is 4.74 Å². The highest BCUT2D eigenvalue weighted by molar-refractivity contribution is 7.99. The highest BCUT2D eigenvalue weighted by Gasteiger charge is 1.90. The van der Waals surface area contributed by atoms with Gasteiger partial charge in [0.25, 0.3) is 0 Å². The van der Waals surface area contributed by atoms with Crippen molar-refractivity contribution in [3.05, 3.63) is 42.2 Å². The van der Waals surface area contributed by atoms with Crippen molar-refractivity contribution in [1.29, 1.82) is 0 Å². The minimum atomic E-state index is 0.962. The molecule has 0 N–H and O–H groups in total. The van der Waals surface area contributed by atoms with Gasteiger partial charge in [-0.1, -0.05) is 18.2 Å². The van der Waals surface area contributed by atoms with Crippen LogP contribution in [0.15, 0.2) is 47.1 Å². The Kier molecular flexibility index (Phi) is 4.47. The molecule has 0 aliphatic rings. The highest BCUT2D eigenvalue weighted by Crippen LogP contribution is 2.17. The van der Waals surface area contributed by atoms with E-state index in [0.29, 0.717) is 0 Å². The van der Waals surface area contributed by atoms with E-state index in [1.54, 1.807) is 7.11 Å². The Morgan fingerprint density at radius 1 is 1.38 bits per heavy atom. The molecule has 1 rings (SSSR count). The largest absolute Gasteiger partial charge is 0.502 e. The predicted molar refractivity (Wildman–Crippen MR) is 57.9 cm³/mol. The molecule has 1 aromatic carbocycles. The molecular formula is C11H14OS. The van der Waals surface area contributed by atoms with Crippen molar-refractivity contribution in [1.82, 2.24) is 0 Å². The second kappa shape index (κ2) is 5.70. The van der Waals surface area contributed by atoms with Crippen molar-refractivity contribution in [2.75, 3.05) is 12.9 Å². The van der Waals surface area contributed by atoms with Gasteiger partial charge in [-0.25, -0.2) is 0 Å². The van der Waals surface area contributed by atoms with Crippen LogP contribution in [0.5, 0.6) is 0 Å². The van der Waals surface area contributed by atoms with E-state index in [0.717, 1.165) is 11.5 Å². The zero-order valence-electron chi connectivity index (χ0n) is 7.99. The SMILES string of the molecule is COC(C)=CCSc1ccccc1. The maximum atomic E-state index is 5.04.